The van der Waals surface area contributed by atoms with Gasteiger partial charge >= 0.3 is 16.3 Å². The van der Waals surface area contributed by atoms with Crippen molar-refractivity contribution in [3.8, 4) is 0 Å². The Morgan fingerprint density at radius 1 is 1.17 bits per heavy atom. The average molecular weight is 353 g/mol. The van der Waals surface area contributed by atoms with Crippen LogP contribution in [0.1, 0.15) is 5.56 Å². The molecule has 0 bridgehead atoms. The number of nitro benzene ring substituents is 1. The number of benzene rings is 2. The second-order valence-electron chi connectivity index (χ2n) is 4.70. The van der Waals surface area contributed by atoms with E-state index in [2.05, 4.69) is 10.6 Å². The summed E-state index contributed by atoms with van der Waals surface area (Å²) >= 11 is 0. The number of nitrogens with one attached hydrogen (secondary N) is 2. The van der Waals surface area contributed by atoms with Crippen molar-refractivity contribution >= 4 is 27.6 Å². The van der Waals surface area contributed by atoms with Crippen LogP contribution >= 0.6 is 0 Å². The van der Waals surface area contributed by atoms with Gasteiger partial charge in [-0.3, -0.25) is 10.1 Å². The summed E-state index contributed by atoms with van der Waals surface area (Å²) in [5.41, 5.74) is 0.679. The standard InChI is InChI=1S/C14H12FN3O5S/c15-24(22,23)13-3-1-2-11(8-13)17-14(19)16-9-10-4-6-12(7-5-10)18(20)21/h1-8H,9H2,(H2,16,17,19). The number of urea groups is 1. The minimum absolute atomic E-state index is 0.0625. The molecule has 0 fully saturated rings. The Balaban J connectivity index is 1.95. The predicted molar refractivity (Wildman–Crippen MR) is 83.7 cm³/mol. The fraction of sp³-hybridized carbons (Fsp3) is 0.0714. The van der Waals surface area contributed by atoms with Crippen molar-refractivity contribution in [1.82, 2.24) is 5.32 Å². The third kappa shape index (κ3) is 4.74. The van der Waals surface area contributed by atoms with Crippen molar-refractivity contribution in [1.29, 1.82) is 0 Å². The van der Waals surface area contributed by atoms with Gasteiger partial charge in [-0.05, 0) is 23.8 Å². The van der Waals surface area contributed by atoms with Gasteiger partial charge in [0.05, 0.1) is 4.92 Å². The lowest BCUT2D eigenvalue weighted by Crippen LogP contribution is -2.28. The van der Waals surface area contributed by atoms with Gasteiger partial charge in [0.2, 0.25) is 0 Å². The molecule has 0 atom stereocenters. The number of hydrogen-bond acceptors (Lipinski definition) is 5. The summed E-state index contributed by atoms with van der Waals surface area (Å²) in [7, 11) is -4.85. The summed E-state index contributed by atoms with van der Waals surface area (Å²) in [5.74, 6) is 0. The molecule has 2 aromatic carbocycles. The number of carbonyl (C=O) groups is 1. The van der Waals surface area contributed by atoms with E-state index in [0.29, 0.717) is 5.56 Å². The summed E-state index contributed by atoms with van der Waals surface area (Å²) in [6.45, 7) is 0.102. The lowest BCUT2D eigenvalue weighted by Gasteiger charge is -2.08. The van der Waals surface area contributed by atoms with E-state index < -0.39 is 26.1 Å². The normalized spacial score (nSPS) is 10.9. The van der Waals surface area contributed by atoms with E-state index in [1.807, 2.05) is 0 Å². The van der Waals surface area contributed by atoms with Crippen LogP contribution in [-0.4, -0.2) is 19.4 Å². The summed E-state index contributed by atoms with van der Waals surface area (Å²) in [5, 5.41) is 15.4. The zero-order valence-corrected chi connectivity index (χ0v) is 12.9. The Morgan fingerprint density at radius 2 is 1.83 bits per heavy atom. The molecule has 2 rings (SSSR count). The fourth-order valence-electron chi connectivity index (χ4n) is 1.82. The summed E-state index contributed by atoms with van der Waals surface area (Å²) < 4.78 is 34.5. The Hall–Kier alpha value is -3.01. The van der Waals surface area contributed by atoms with Crippen LogP contribution in [0.3, 0.4) is 0 Å². The second kappa shape index (κ2) is 7.04. The SMILES string of the molecule is O=C(NCc1ccc([N+](=O)[O-])cc1)Nc1cccc(S(=O)(=O)F)c1. The highest BCUT2D eigenvalue weighted by molar-refractivity contribution is 7.86. The maximum atomic E-state index is 12.9. The molecule has 2 aromatic rings. The van der Waals surface area contributed by atoms with E-state index in [9.17, 15) is 27.2 Å². The topological polar surface area (TPSA) is 118 Å². The monoisotopic (exact) mass is 353 g/mol. The molecule has 24 heavy (non-hydrogen) atoms. The highest BCUT2D eigenvalue weighted by atomic mass is 32.3. The zero-order valence-electron chi connectivity index (χ0n) is 12.1. The molecule has 0 unspecified atom stereocenters. The molecule has 0 aromatic heterocycles. The number of carbonyl (C=O) groups excluding carboxylic acids is 1. The number of rotatable bonds is 5. The first-order chi connectivity index (χ1) is 11.3. The molecular formula is C14H12FN3O5S. The lowest BCUT2D eigenvalue weighted by molar-refractivity contribution is -0.384. The summed E-state index contributed by atoms with van der Waals surface area (Å²) in [6.07, 6.45) is 0. The van der Waals surface area contributed by atoms with Crippen molar-refractivity contribution < 1.29 is 22.0 Å². The number of halogens is 1. The first-order valence-corrected chi connectivity index (χ1v) is 7.97. The van der Waals surface area contributed by atoms with Crippen LogP contribution in [0.2, 0.25) is 0 Å². The quantitative estimate of drug-likeness (QED) is 0.486. The molecule has 0 saturated heterocycles. The van der Waals surface area contributed by atoms with Gasteiger partial charge < -0.3 is 10.6 Å². The number of nitrogens with zero attached hydrogens (tertiary/aromatic N) is 1. The smallest absolute Gasteiger partial charge is 0.332 e. The first-order valence-electron chi connectivity index (χ1n) is 6.58. The van der Waals surface area contributed by atoms with Gasteiger partial charge in [-0.25, -0.2) is 4.79 Å². The van der Waals surface area contributed by atoms with Gasteiger partial charge in [0.1, 0.15) is 4.90 Å². The minimum Gasteiger partial charge on any atom is -0.334 e. The van der Waals surface area contributed by atoms with Crippen LogP contribution in [0.15, 0.2) is 53.4 Å². The second-order valence-corrected chi connectivity index (χ2v) is 6.04. The molecule has 8 nitrogen and oxygen atoms in total. The lowest BCUT2D eigenvalue weighted by atomic mass is 10.2. The number of amides is 2. The van der Waals surface area contributed by atoms with Crippen LogP contribution < -0.4 is 10.6 Å². The van der Waals surface area contributed by atoms with Gasteiger partial charge in [-0.2, -0.15) is 8.42 Å². The van der Waals surface area contributed by atoms with Crippen LogP contribution in [0.25, 0.3) is 0 Å². The largest absolute Gasteiger partial charge is 0.334 e. The zero-order chi connectivity index (χ0) is 17.7. The number of non-ortho nitro benzene ring substituents is 1. The Bertz CT molecular complexity index is 868. The van der Waals surface area contributed by atoms with Crippen molar-refractivity contribution in [3.05, 3.63) is 64.2 Å². The molecule has 10 heteroatoms. The van der Waals surface area contributed by atoms with Crippen molar-refractivity contribution in [2.75, 3.05) is 5.32 Å². The van der Waals surface area contributed by atoms with Gasteiger partial charge in [-0.15, -0.1) is 3.89 Å². The Labute approximate surface area is 136 Å². The van der Waals surface area contributed by atoms with E-state index in [0.717, 1.165) is 12.1 Å². The van der Waals surface area contributed by atoms with E-state index in [-0.39, 0.29) is 17.9 Å². The highest BCUT2D eigenvalue weighted by Crippen LogP contribution is 2.17. The van der Waals surface area contributed by atoms with Crippen LogP contribution in [0.5, 0.6) is 0 Å². The third-order valence-corrected chi connectivity index (χ3v) is 3.79. The van der Waals surface area contributed by atoms with Crippen molar-refractivity contribution in [2.24, 2.45) is 0 Å². The average Bonchev–Trinajstić information content (AvgIpc) is 2.53. The molecule has 0 aliphatic rings. The predicted octanol–water partition coefficient (Wildman–Crippen LogP) is 2.57. The first kappa shape index (κ1) is 17.3. The van der Waals surface area contributed by atoms with Gasteiger partial charge in [0.15, 0.2) is 0 Å². The van der Waals surface area contributed by atoms with Gasteiger partial charge in [0, 0.05) is 24.4 Å². The van der Waals surface area contributed by atoms with Gasteiger partial charge in [-0.1, -0.05) is 18.2 Å². The van der Waals surface area contributed by atoms with Crippen LogP contribution in [0.4, 0.5) is 20.1 Å². The highest BCUT2D eigenvalue weighted by Gasteiger charge is 2.12. The molecule has 2 amide bonds. The Kier molecular flexibility index (Phi) is 5.09. The van der Waals surface area contributed by atoms with Gasteiger partial charge in [0.25, 0.3) is 5.69 Å². The Morgan fingerprint density at radius 3 is 2.42 bits per heavy atom. The van der Waals surface area contributed by atoms with Crippen LogP contribution in [0, 0.1) is 10.1 Å². The molecule has 0 radical (unpaired) electrons. The molecule has 0 aliphatic heterocycles. The molecule has 0 aliphatic carbocycles. The number of hydrogen-bond donors (Lipinski definition) is 2. The number of nitro groups is 1. The van der Waals surface area contributed by atoms with Crippen molar-refractivity contribution in [3.63, 3.8) is 0 Å². The summed E-state index contributed by atoms with van der Waals surface area (Å²) in [4.78, 5) is 21.2. The molecule has 126 valence electrons. The molecular weight excluding hydrogens is 341 g/mol. The molecule has 0 heterocycles. The van der Waals surface area contributed by atoms with Crippen LogP contribution in [-0.2, 0) is 16.8 Å². The molecule has 0 spiro atoms. The summed E-state index contributed by atoms with van der Waals surface area (Å²) in [6, 6.07) is 9.72. The van der Waals surface area contributed by atoms with Crippen molar-refractivity contribution in [2.45, 2.75) is 11.4 Å². The third-order valence-electron chi connectivity index (χ3n) is 2.97. The minimum atomic E-state index is -4.85. The van der Waals surface area contributed by atoms with E-state index >= 15 is 0 Å². The van der Waals surface area contributed by atoms with E-state index in [1.165, 1.54) is 36.4 Å². The maximum absolute atomic E-state index is 12.9. The molecule has 2 N–H and O–H groups in total. The fourth-order valence-corrected chi connectivity index (χ4v) is 2.33. The van der Waals surface area contributed by atoms with E-state index in [1.54, 1.807) is 0 Å². The maximum Gasteiger partial charge on any atom is 0.332 e. The van der Waals surface area contributed by atoms with E-state index in [4.69, 9.17) is 0 Å². The molecule has 0 saturated carbocycles. The number of anilines is 1.